The van der Waals surface area contributed by atoms with Crippen LogP contribution in [0, 0.1) is 0 Å². The molecule has 1 aliphatic rings. The summed E-state index contributed by atoms with van der Waals surface area (Å²) in [4.78, 5) is 40.8. The molecule has 4 N–H and O–H groups in total. The van der Waals surface area contributed by atoms with Crippen molar-refractivity contribution >= 4 is 7.60 Å². The van der Waals surface area contributed by atoms with E-state index in [-0.39, 0.29) is 0 Å². The summed E-state index contributed by atoms with van der Waals surface area (Å²) in [6, 6.07) is 1.12. The Labute approximate surface area is 112 Å². The highest BCUT2D eigenvalue weighted by atomic mass is 31.2. The molecule has 0 aliphatic carbocycles. The van der Waals surface area contributed by atoms with Gasteiger partial charge in [0.1, 0.15) is 6.23 Å². The molecule has 0 spiro atoms. The van der Waals surface area contributed by atoms with Gasteiger partial charge in [-0.2, -0.15) is 0 Å². The molecule has 0 aromatic carbocycles. The van der Waals surface area contributed by atoms with Crippen LogP contribution in [0.15, 0.2) is 21.9 Å². The first-order chi connectivity index (χ1) is 9.28. The molecule has 0 radical (unpaired) electrons. The second-order valence-electron chi connectivity index (χ2n) is 4.27. The molecule has 0 bridgehead atoms. The van der Waals surface area contributed by atoms with E-state index in [9.17, 15) is 14.2 Å². The highest BCUT2D eigenvalue weighted by Gasteiger charge is 2.31. The molecule has 1 saturated heterocycles. The molecule has 20 heavy (non-hydrogen) atoms. The van der Waals surface area contributed by atoms with Crippen LogP contribution in [-0.2, 0) is 14.0 Å². The minimum Gasteiger partial charge on any atom is -0.340 e. The van der Waals surface area contributed by atoms with Gasteiger partial charge in [-0.25, -0.2) is 14.0 Å². The third-order valence-electron chi connectivity index (χ3n) is 2.72. The Morgan fingerprint density at radius 3 is 2.80 bits per heavy atom. The molecule has 112 valence electrons. The van der Waals surface area contributed by atoms with E-state index in [1.165, 1.54) is 0 Å². The lowest BCUT2D eigenvalue weighted by Crippen LogP contribution is -2.44. The molecule has 1 fully saturated rings. The van der Waals surface area contributed by atoms with Gasteiger partial charge in [-0.3, -0.25) is 9.36 Å². The van der Waals surface area contributed by atoms with Crippen molar-refractivity contribution in [1.82, 2.24) is 9.24 Å². The largest absolute Gasteiger partial charge is 0.351 e. The summed E-state index contributed by atoms with van der Waals surface area (Å²) in [7, 11) is -4.29. The van der Waals surface area contributed by atoms with Gasteiger partial charge in [-0.15, -0.1) is 0 Å². The van der Waals surface area contributed by atoms with E-state index >= 15 is 0 Å². The highest BCUT2D eigenvalue weighted by molar-refractivity contribution is 7.51. The van der Waals surface area contributed by atoms with Crippen molar-refractivity contribution in [3.63, 3.8) is 0 Å². The van der Waals surface area contributed by atoms with E-state index in [2.05, 4.69) is 0 Å². The highest BCUT2D eigenvalue weighted by Crippen LogP contribution is 2.36. The Morgan fingerprint density at radius 1 is 1.45 bits per heavy atom. The maximum Gasteiger partial charge on any atom is 0.351 e. The predicted octanol–water partition coefficient (Wildman–Crippen LogP) is -1.49. The topological polar surface area (TPSA) is 146 Å². The number of ether oxygens (including phenoxy) is 2. The fourth-order valence-electron chi connectivity index (χ4n) is 1.85. The van der Waals surface area contributed by atoms with E-state index in [0.29, 0.717) is 12.8 Å². The molecule has 11 heteroatoms. The molecule has 1 aliphatic heterocycles. The molecule has 2 unspecified atom stereocenters. The lowest BCUT2D eigenvalue weighted by molar-refractivity contribution is -0.142. The number of hydrogen-bond acceptors (Lipinski definition) is 6. The summed E-state index contributed by atoms with van der Waals surface area (Å²) in [6.07, 6.45) is -0.799. The zero-order valence-electron chi connectivity index (χ0n) is 10.3. The summed E-state index contributed by atoms with van der Waals surface area (Å²) < 4.78 is 22.4. The van der Waals surface area contributed by atoms with Crippen LogP contribution in [0.1, 0.15) is 19.1 Å². The van der Waals surface area contributed by atoms with Crippen LogP contribution >= 0.6 is 7.60 Å². The summed E-state index contributed by atoms with van der Waals surface area (Å²) >= 11 is 0. The first-order valence-corrected chi connectivity index (χ1v) is 7.48. The Morgan fingerprint density at radius 2 is 2.15 bits per heavy atom. The summed E-state index contributed by atoms with van der Waals surface area (Å²) in [5.74, 6) is 5.36. The average Bonchev–Trinajstić information content (AvgIpc) is 2.80. The standard InChI is InChI=1S/C9H14N3O7P/c10-11-4-3-6(13)12(9(11)14)7-1-2-8(19-7)18-5-20(15,16)17/h3-4,7-8H,1-2,5,10H2,(H2,15,16,17). The second-order valence-corrected chi connectivity index (χ2v) is 5.86. The van der Waals surface area contributed by atoms with Gasteiger partial charge in [0.25, 0.3) is 5.56 Å². The van der Waals surface area contributed by atoms with Crippen molar-refractivity contribution in [2.45, 2.75) is 25.4 Å². The Balaban J connectivity index is 2.11. The van der Waals surface area contributed by atoms with Crippen molar-refractivity contribution in [3.05, 3.63) is 33.1 Å². The minimum atomic E-state index is -4.29. The van der Waals surface area contributed by atoms with Crippen molar-refractivity contribution in [1.29, 1.82) is 0 Å². The van der Waals surface area contributed by atoms with Gasteiger partial charge >= 0.3 is 13.3 Å². The van der Waals surface area contributed by atoms with Gasteiger partial charge in [0, 0.05) is 18.7 Å². The zero-order chi connectivity index (χ0) is 14.9. The molecule has 1 aromatic rings. The maximum absolute atomic E-state index is 11.8. The second kappa shape index (κ2) is 5.51. The van der Waals surface area contributed by atoms with Crippen LogP contribution in [0.5, 0.6) is 0 Å². The van der Waals surface area contributed by atoms with Crippen LogP contribution in [0.25, 0.3) is 0 Å². The quantitative estimate of drug-likeness (QED) is 0.450. The van der Waals surface area contributed by atoms with E-state index in [0.717, 1.165) is 21.5 Å². The lowest BCUT2D eigenvalue weighted by Gasteiger charge is -2.16. The van der Waals surface area contributed by atoms with Crippen LogP contribution in [0.2, 0.25) is 0 Å². The van der Waals surface area contributed by atoms with Crippen molar-refractivity contribution < 1.29 is 23.8 Å². The van der Waals surface area contributed by atoms with Crippen molar-refractivity contribution in [2.75, 3.05) is 12.2 Å². The molecule has 10 nitrogen and oxygen atoms in total. The molecular weight excluding hydrogens is 293 g/mol. The Kier molecular flexibility index (Phi) is 4.11. The van der Waals surface area contributed by atoms with Gasteiger partial charge in [-0.1, -0.05) is 0 Å². The monoisotopic (exact) mass is 307 g/mol. The smallest absolute Gasteiger partial charge is 0.340 e. The van der Waals surface area contributed by atoms with Gasteiger partial charge in [-0.05, 0) is 6.42 Å². The fraction of sp³-hybridized carbons (Fsp3) is 0.556. The van der Waals surface area contributed by atoms with Crippen molar-refractivity contribution in [2.24, 2.45) is 0 Å². The minimum absolute atomic E-state index is 0.297. The normalized spacial score (nSPS) is 23.1. The number of nitrogens with two attached hydrogens (primary N) is 1. The van der Waals surface area contributed by atoms with Gasteiger partial charge in [0.05, 0.1) is 0 Å². The first-order valence-electron chi connectivity index (χ1n) is 5.69. The summed E-state index contributed by atoms with van der Waals surface area (Å²) in [5.41, 5.74) is -1.31. The number of aromatic nitrogens is 2. The van der Waals surface area contributed by atoms with Crippen LogP contribution in [-0.4, -0.2) is 31.7 Å². The number of nitrogens with zero attached hydrogens (tertiary/aromatic N) is 2. The van der Waals surface area contributed by atoms with Gasteiger partial charge in [0.15, 0.2) is 12.6 Å². The molecular formula is C9H14N3O7P. The van der Waals surface area contributed by atoms with E-state index in [1.807, 2.05) is 0 Å². The van der Waals surface area contributed by atoms with Crippen molar-refractivity contribution in [3.8, 4) is 0 Å². The van der Waals surface area contributed by atoms with Crippen LogP contribution in [0.3, 0.4) is 0 Å². The Bertz CT molecular complexity index is 648. The molecule has 1 aromatic heterocycles. The molecule has 0 amide bonds. The maximum atomic E-state index is 11.8. The number of nitrogen functional groups attached to an aromatic ring is 1. The predicted molar refractivity (Wildman–Crippen MR) is 66.3 cm³/mol. The summed E-state index contributed by atoms with van der Waals surface area (Å²) in [5, 5.41) is 0. The third kappa shape index (κ3) is 3.35. The molecule has 2 rings (SSSR count). The van der Waals surface area contributed by atoms with E-state index in [4.69, 9.17) is 25.1 Å². The van der Waals surface area contributed by atoms with Crippen LogP contribution in [0.4, 0.5) is 0 Å². The first kappa shape index (κ1) is 14.9. The fourth-order valence-corrected chi connectivity index (χ4v) is 2.22. The molecule has 0 saturated carbocycles. The SMILES string of the molecule is Nn1ccc(=O)n(C2CCC(OCP(=O)(O)O)O2)c1=O. The van der Waals surface area contributed by atoms with E-state index < -0.39 is 37.7 Å². The average molecular weight is 307 g/mol. The van der Waals surface area contributed by atoms with Gasteiger partial charge < -0.3 is 25.1 Å². The van der Waals surface area contributed by atoms with Gasteiger partial charge in [0.2, 0.25) is 0 Å². The van der Waals surface area contributed by atoms with Crippen LogP contribution < -0.4 is 17.1 Å². The Hall–Kier alpha value is -1.45. The lowest BCUT2D eigenvalue weighted by atomic mass is 10.3. The number of rotatable bonds is 4. The molecule has 2 heterocycles. The summed E-state index contributed by atoms with van der Waals surface area (Å²) in [6.45, 7) is 0. The third-order valence-corrected chi connectivity index (χ3v) is 3.20. The number of hydrogen-bond donors (Lipinski definition) is 3. The molecule has 2 atom stereocenters. The van der Waals surface area contributed by atoms with E-state index in [1.54, 1.807) is 0 Å². The zero-order valence-corrected chi connectivity index (χ0v) is 11.2.